The Kier molecular flexibility index (Phi) is 6.61. The van der Waals surface area contributed by atoms with Gasteiger partial charge in [-0.3, -0.25) is 9.69 Å². The predicted molar refractivity (Wildman–Crippen MR) is 87.0 cm³/mol. The van der Waals surface area contributed by atoms with Gasteiger partial charge in [-0.05, 0) is 51.4 Å². The quantitative estimate of drug-likeness (QED) is 0.724. The van der Waals surface area contributed by atoms with Crippen LogP contribution < -0.4 is 0 Å². The van der Waals surface area contributed by atoms with E-state index in [2.05, 4.69) is 16.8 Å². The fourth-order valence-electron chi connectivity index (χ4n) is 3.22. The number of morpholine rings is 1. The average Bonchev–Trinajstić information content (AvgIpc) is 2.51. The summed E-state index contributed by atoms with van der Waals surface area (Å²) < 4.78 is 5.36. The molecule has 1 aliphatic heterocycles. The van der Waals surface area contributed by atoms with Crippen molar-refractivity contribution in [3.63, 3.8) is 0 Å². The minimum atomic E-state index is 0.168. The number of nitrogens with zero attached hydrogens (tertiary/aromatic N) is 2. The van der Waals surface area contributed by atoms with Gasteiger partial charge >= 0.3 is 0 Å². The largest absolute Gasteiger partial charge is 0.507 e. The zero-order valence-electron chi connectivity index (χ0n) is 13.8. The molecule has 124 valence electrons. The second kappa shape index (κ2) is 8.46. The van der Waals surface area contributed by atoms with Gasteiger partial charge < -0.3 is 14.7 Å². The minimum absolute atomic E-state index is 0.168. The van der Waals surface area contributed by atoms with Crippen molar-refractivity contribution < 1.29 is 14.6 Å². The molecule has 5 heteroatoms. The maximum absolute atomic E-state index is 11.0. The molecule has 5 nitrogen and oxygen atoms in total. The van der Waals surface area contributed by atoms with Crippen LogP contribution in [0.5, 0.6) is 0 Å². The van der Waals surface area contributed by atoms with Crippen molar-refractivity contribution in [1.29, 1.82) is 0 Å². The summed E-state index contributed by atoms with van der Waals surface area (Å²) in [7, 11) is 2.13. The molecule has 1 atom stereocenters. The molecule has 1 N–H and O–H groups in total. The second-order valence-electron chi connectivity index (χ2n) is 6.40. The van der Waals surface area contributed by atoms with Crippen molar-refractivity contribution in [3.8, 4) is 0 Å². The number of carbonyl (C=O) groups excluding carboxylic acids is 1. The average molecular weight is 308 g/mol. The summed E-state index contributed by atoms with van der Waals surface area (Å²) in [5, 5.41) is 9.83. The fourth-order valence-corrected chi connectivity index (χ4v) is 3.22. The van der Waals surface area contributed by atoms with Crippen LogP contribution in [-0.4, -0.2) is 74.2 Å². The lowest BCUT2D eigenvalue weighted by atomic mass is 9.89. The standard InChI is InChI=1S/C17H28N2O3/c1-14-10-15(11-16(13-20)17(14)21)12-18(2)4-3-5-19-6-8-22-9-7-19/h11,13,15,21H,3-10,12H2,1-2H3. The van der Waals surface area contributed by atoms with Crippen LogP contribution in [0.1, 0.15) is 19.8 Å². The molecule has 1 aliphatic carbocycles. The molecule has 0 aromatic carbocycles. The first-order chi connectivity index (χ1) is 10.6. The van der Waals surface area contributed by atoms with Crippen molar-refractivity contribution in [2.75, 3.05) is 53.0 Å². The lowest BCUT2D eigenvalue weighted by molar-refractivity contribution is -0.105. The number of ether oxygens (including phenoxy) is 1. The Morgan fingerprint density at radius 3 is 2.86 bits per heavy atom. The summed E-state index contributed by atoms with van der Waals surface area (Å²) in [6.45, 7) is 8.78. The van der Waals surface area contributed by atoms with E-state index in [4.69, 9.17) is 4.74 Å². The number of aliphatic hydroxyl groups excluding tert-OH is 1. The molecule has 1 unspecified atom stereocenters. The molecule has 1 fully saturated rings. The zero-order chi connectivity index (χ0) is 15.9. The highest BCUT2D eigenvalue weighted by Crippen LogP contribution is 2.26. The highest BCUT2D eigenvalue weighted by Gasteiger charge is 2.20. The van der Waals surface area contributed by atoms with Gasteiger partial charge in [-0.1, -0.05) is 6.08 Å². The maximum Gasteiger partial charge on any atom is 0.153 e. The maximum atomic E-state index is 11.0. The molecule has 0 spiro atoms. The molecular formula is C17H28N2O3. The van der Waals surface area contributed by atoms with E-state index < -0.39 is 0 Å². The summed E-state index contributed by atoms with van der Waals surface area (Å²) in [5.41, 5.74) is 1.35. The van der Waals surface area contributed by atoms with Crippen LogP contribution in [0.4, 0.5) is 0 Å². The Balaban J connectivity index is 1.71. The van der Waals surface area contributed by atoms with Crippen LogP contribution >= 0.6 is 0 Å². The van der Waals surface area contributed by atoms with Crippen LogP contribution in [0, 0.1) is 5.92 Å². The summed E-state index contributed by atoms with van der Waals surface area (Å²) in [5.74, 6) is 0.478. The van der Waals surface area contributed by atoms with E-state index in [1.54, 1.807) is 0 Å². The van der Waals surface area contributed by atoms with Gasteiger partial charge in [-0.25, -0.2) is 0 Å². The molecule has 1 saturated heterocycles. The van der Waals surface area contributed by atoms with Crippen LogP contribution in [0.3, 0.4) is 0 Å². The first kappa shape index (κ1) is 17.2. The van der Waals surface area contributed by atoms with E-state index >= 15 is 0 Å². The minimum Gasteiger partial charge on any atom is -0.507 e. The van der Waals surface area contributed by atoms with Crippen molar-refractivity contribution in [2.24, 2.45) is 5.92 Å². The SMILES string of the molecule is CC1=C(O)C(C=O)=CC(CN(C)CCCN2CCOCC2)C1. The number of aliphatic hydroxyl groups is 1. The molecule has 0 radical (unpaired) electrons. The van der Waals surface area contributed by atoms with Gasteiger partial charge in [0.25, 0.3) is 0 Å². The van der Waals surface area contributed by atoms with Crippen LogP contribution in [0.25, 0.3) is 0 Å². The van der Waals surface area contributed by atoms with E-state index in [0.717, 1.165) is 70.6 Å². The first-order valence-electron chi connectivity index (χ1n) is 8.15. The molecule has 22 heavy (non-hydrogen) atoms. The molecule has 0 saturated carbocycles. The molecule has 2 aliphatic rings. The van der Waals surface area contributed by atoms with Crippen LogP contribution in [-0.2, 0) is 9.53 Å². The summed E-state index contributed by atoms with van der Waals surface area (Å²) in [6.07, 6.45) is 4.64. The Morgan fingerprint density at radius 2 is 2.18 bits per heavy atom. The second-order valence-corrected chi connectivity index (χ2v) is 6.40. The lowest BCUT2D eigenvalue weighted by Crippen LogP contribution is -2.38. The molecular weight excluding hydrogens is 280 g/mol. The molecule has 0 amide bonds. The monoisotopic (exact) mass is 308 g/mol. The Morgan fingerprint density at radius 1 is 1.45 bits per heavy atom. The summed E-state index contributed by atoms with van der Waals surface area (Å²) in [4.78, 5) is 15.8. The smallest absolute Gasteiger partial charge is 0.153 e. The summed E-state index contributed by atoms with van der Waals surface area (Å²) >= 11 is 0. The normalized spacial score (nSPS) is 23.8. The molecule has 2 rings (SSSR count). The van der Waals surface area contributed by atoms with Gasteiger partial charge in [-0.15, -0.1) is 0 Å². The molecule has 0 bridgehead atoms. The third-order valence-corrected chi connectivity index (χ3v) is 4.45. The predicted octanol–water partition coefficient (Wildman–Crippen LogP) is 1.62. The lowest BCUT2D eigenvalue weighted by Gasteiger charge is -2.28. The van der Waals surface area contributed by atoms with Gasteiger partial charge in [0.15, 0.2) is 6.29 Å². The van der Waals surface area contributed by atoms with E-state index in [1.165, 1.54) is 0 Å². The zero-order valence-corrected chi connectivity index (χ0v) is 13.8. The third kappa shape index (κ3) is 4.93. The van der Waals surface area contributed by atoms with Crippen LogP contribution in [0.15, 0.2) is 23.0 Å². The number of allylic oxidation sites excluding steroid dienone is 2. The van der Waals surface area contributed by atoms with E-state index in [0.29, 0.717) is 11.5 Å². The highest BCUT2D eigenvalue weighted by atomic mass is 16.5. The number of carbonyl (C=O) groups is 1. The summed E-state index contributed by atoms with van der Waals surface area (Å²) in [6, 6.07) is 0. The topological polar surface area (TPSA) is 53.0 Å². The number of hydrogen-bond donors (Lipinski definition) is 1. The van der Waals surface area contributed by atoms with Gasteiger partial charge in [0.1, 0.15) is 5.76 Å². The van der Waals surface area contributed by atoms with Gasteiger partial charge in [0.05, 0.1) is 18.8 Å². The highest BCUT2D eigenvalue weighted by molar-refractivity contribution is 5.80. The van der Waals surface area contributed by atoms with E-state index in [9.17, 15) is 9.90 Å². The van der Waals surface area contributed by atoms with Crippen molar-refractivity contribution in [2.45, 2.75) is 19.8 Å². The van der Waals surface area contributed by atoms with Gasteiger partial charge in [0.2, 0.25) is 0 Å². The van der Waals surface area contributed by atoms with Crippen molar-refractivity contribution >= 4 is 6.29 Å². The van der Waals surface area contributed by atoms with Crippen molar-refractivity contribution in [3.05, 3.63) is 23.0 Å². The molecule has 0 aromatic heterocycles. The number of rotatable bonds is 7. The third-order valence-electron chi connectivity index (χ3n) is 4.45. The van der Waals surface area contributed by atoms with Crippen LogP contribution in [0.2, 0.25) is 0 Å². The van der Waals surface area contributed by atoms with Crippen molar-refractivity contribution in [1.82, 2.24) is 9.80 Å². The fraction of sp³-hybridized carbons (Fsp3) is 0.706. The molecule has 1 heterocycles. The van der Waals surface area contributed by atoms with E-state index in [1.807, 2.05) is 13.0 Å². The first-order valence-corrected chi connectivity index (χ1v) is 8.15. The Bertz CT molecular complexity index is 439. The van der Waals surface area contributed by atoms with E-state index in [-0.39, 0.29) is 5.76 Å². The Hall–Kier alpha value is -1.17. The van der Waals surface area contributed by atoms with Gasteiger partial charge in [0, 0.05) is 19.6 Å². The Labute approximate surface area is 133 Å². The molecule has 0 aromatic rings. The number of aldehydes is 1. The number of hydrogen-bond acceptors (Lipinski definition) is 5. The van der Waals surface area contributed by atoms with Gasteiger partial charge in [-0.2, -0.15) is 0 Å².